The van der Waals surface area contributed by atoms with Crippen molar-refractivity contribution in [3.63, 3.8) is 0 Å². The van der Waals surface area contributed by atoms with Gasteiger partial charge in [-0.25, -0.2) is 0 Å². The maximum Gasteiger partial charge on any atom is 0.0814 e. The van der Waals surface area contributed by atoms with E-state index in [1.807, 2.05) is 0 Å². The minimum atomic E-state index is 0.0295. The molecule has 2 nitrogen and oxygen atoms in total. The van der Waals surface area contributed by atoms with Gasteiger partial charge in [0.15, 0.2) is 0 Å². The Balaban J connectivity index is 2.06. The van der Waals surface area contributed by atoms with Crippen LogP contribution in [0.25, 0.3) is 0 Å². The maximum atomic E-state index is 6.58. The van der Waals surface area contributed by atoms with Gasteiger partial charge in [0, 0.05) is 6.54 Å². The SMILES string of the molecule is CCNCC1(OC(C)c2ccccc2)CCCCCC1. The van der Waals surface area contributed by atoms with Crippen LogP contribution in [0.15, 0.2) is 30.3 Å². The van der Waals surface area contributed by atoms with Gasteiger partial charge in [0.1, 0.15) is 0 Å². The van der Waals surface area contributed by atoms with Gasteiger partial charge in [-0.05, 0) is 31.9 Å². The zero-order valence-electron chi connectivity index (χ0n) is 13.0. The maximum absolute atomic E-state index is 6.58. The smallest absolute Gasteiger partial charge is 0.0814 e. The van der Waals surface area contributed by atoms with Crippen molar-refractivity contribution >= 4 is 0 Å². The molecule has 0 aromatic heterocycles. The van der Waals surface area contributed by atoms with Crippen molar-refractivity contribution < 1.29 is 4.74 Å². The molecule has 1 aromatic carbocycles. The molecular weight excluding hydrogens is 246 g/mol. The number of nitrogens with one attached hydrogen (secondary N) is 1. The molecule has 1 aliphatic carbocycles. The molecular formula is C18H29NO. The van der Waals surface area contributed by atoms with Gasteiger partial charge in [-0.3, -0.25) is 0 Å². The molecule has 0 radical (unpaired) electrons. The summed E-state index contributed by atoms with van der Waals surface area (Å²) in [7, 11) is 0. The van der Waals surface area contributed by atoms with Gasteiger partial charge < -0.3 is 10.1 Å². The molecule has 0 aliphatic heterocycles. The summed E-state index contributed by atoms with van der Waals surface area (Å²) in [5.74, 6) is 0. The standard InChI is InChI=1S/C18H29NO/c1-3-19-15-18(13-9-4-5-10-14-18)20-16(2)17-11-7-6-8-12-17/h6-8,11-12,16,19H,3-5,9-10,13-15H2,1-2H3. The number of rotatable bonds is 6. The molecule has 1 fully saturated rings. The molecule has 1 aliphatic rings. The van der Waals surface area contributed by atoms with Crippen molar-refractivity contribution in [2.75, 3.05) is 13.1 Å². The Morgan fingerprint density at radius 3 is 2.35 bits per heavy atom. The van der Waals surface area contributed by atoms with E-state index in [0.717, 1.165) is 13.1 Å². The summed E-state index contributed by atoms with van der Waals surface area (Å²) >= 11 is 0. The molecule has 1 saturated carbocycles. The van der Waals surface area contributed by atoms with Crippen LogP contribution in [0, 0.1) is 0 Å². The fourth-order valence-electron chi connectivity index (χ4n) is 3.23. The van der Waals surface area contributed by atoms with E-state index in [-0.39, 0.29) is 11.7 Å². The number of likely N-dealkylation sites (N-methyl/N-ethyl adjacent to an activating group) is 1. The van der Waals surface area contributed by atoms with E-state index in [1.165, 1.54) is 44.1 Å². The first-order valence-electron chi connectivity index (χ1n) is 8.19. The van der Waals surface area contributed by atoms with Crippen LogP contribution >= 0.6 is 0 Å². The van der Waals surface area contributed by atoms with Crippen LogP contribution in [-0.4, -0.2) is 18.7 Å². The highest BCUT2D eigenvalue weighted by atomic mass is 16.5. The highest BCUT2D eigenvalue weighted by Crippen LogP contribution is 2.34. The predicted octanol–water partition coefficient (Wildman–Crippen LogP) is 4.47. The van der Waals surface area contributed by atoms with E-state index in [4.69, 9.17) is 4.74 Å². The lowest BCUT2D eigenvalue weighted by molar-refractivity contribution is -0.0963. The predicted molar refractivity (Wildman–Crippen MR) is 84.9 cm³/mol. The Hall–Kier alpha value is -0.860. The van der Waals surface area contributed by atoms with Crippen LogP contribution in [0.4, 0.5) is 0 Å². The summed E-state index contributed by atoms with van der Waals surface area (Å²) in [6, 6.07) is 10.6. The number of hydrogen-bond donors (Lipinski definition) is 1. The van der Waals surface area contributed by atoms with E-state index in [1.54, 1.807) is 0 Å². The Labute approximate surface area is 123 Å². The van der Waals surface area contributed by atoms with E-state index >= 15 is 0 Å². The second kappa shape index (κ2) is 7.80. The third kappa shape index (κ3) is 4.32. The number of ether oxygens (including phenoxy) is 1. The lowest BCUT2D eigenvalue weighted by Crippen LogP contribution is -2.43. The summed E-state index contributed by atoms with van der Waals surface area (Å²) in [5, 5.41) is 3.52. The minimum Gasteiger partial charge on any atom is -0.366 e. The molecule has 1 unspecified atom stereocenters. The molecule has 0 saturated heterocycles. The van der Waals surface area contributed by atoms with E-state index in [9.17, 15) is 0 Å². The molecule has 0 amide bonds. The molecule has 112 valence electrons. The van der Waals surface area contributed by atoms with E-state index in [2.05, 4.69) is 49.5 Å². The Morgan fingerprint density at radius 1 is 1.10 bits per heavy atom. The molecule has 1 N–H and O–H groups in total. The van der Waals surface area contributed by atoms with Gasteiger partial charge >= 0.3 is 0 Å². The lowest BCUT2D eigenvalue weighted by Gasteiger charge is -2.36. The van der Waals surface area contributed by atoms with Gasteiger partial charge in [0.2, 0.25) is 0 Å². The summed E-state index contributed by atoms with van der Waals surface area (Å²) in [5.41, 5.74) is 1.31. The van der Waals surface area contributed by atoms with Crippen LogP contribution in [0.5, 0.6) is 0 Å². The molecule has 1 aromatic rings. The highest BCUT2D eigenvalue weighted by molar-refractivity contribution is 5.17. The summed E-state index contributed by atoms with van der Waals surface area (Å²) in [4.78, 5) is 0. The Kier molecular flexibility index (Phi) is 6.06. The first-order chi connectivity index (χ1) is 9.76. The van der Waals surface area contributed by atoms with Gasteiger partial charge in [0.05, 0.1) is 11.7 Å². The van der Waals surface area contributed by atoms with Gasteiger partial charge in [0.25, 0.3) is 0 Å². The third-order valence-electron chi connectivity index (χ3n) is 4.41. The first-order valence-corrected chi connectivity index (χ1v) is 8.19. The topological polar surface area (TPSA) is 21.3 Å². The molecule has 2 rings (SSSR count). The van der Waals surface area contributed by atoms with Gasteiger partial charge in [-0.15, -0.1) is 0 Å². The van der Waals surface area contributed by atoms with Crippen LogP contribution in [0.2, 0.25) is 0 Å². The molecule has 0 bridgehead atoms. The quantitative estimate of drug-likeness (QED) is 0.774. The molecule has 0 spiro atoms. The fraction of sp³-hybridized carbons (Fsp3) is 0.667. The van der Waals surface area contributed by atoms with Crippen LogP contribution < -0.4 is 5.32 Å². The molecule has 0 heterocycles. The molecule has 1 atom stereocenters. The Bertz CT molecular complexity index is 368. The number of hydrogen-bond acceptors (Lipinski definition) is 2. The second-order valence-corrected chi connectivity index (χ2v) is 6.05. The lowest BCUT2D eigenvalue weighted by atomic mass is 9.93. The fourth-order valence-corrected chi connectivity index (χ4v) is 3.23. The summed E-state index contributed by atoms with van der Waals surface area (Å²) in [6.07, 6.45) is 7.87. The van der Waals surface area contributed by atoms with Crippen LogP contribution in [-0.2, 0) is 4.74 Å². The van der Waals surface area contributed by atoms with Crippen molar-refractivity contribution in [1.82, 2.24) is 5.32 Å². The first kappa shape index (κ1) is 15.5. The second-order valence-electron chi connectivity index (χ2n) is 6.05. The largest absolute Gasteiger partial charge is 0.366 e. The van der Waals surface area contributed by atoms with Crippen LogP contribution in [0.1, 0.15) is 64.0 Å². The summed E-state index contributed by atoms with van der Waals surface area (Å²) < 4.78 is 6.58. The van der Waals surface area contributed by atoms with Crippen molar-refractivity contribution in [3.8, 4) is 0 Å². The van der Waals surface area contributed by atoms with Gasteiger partial charge in [-0.2, -0.15) is 0 Å². The molecule has 20 heavy (non-hydrogen) atoms. The van der Waals surface area contributed by atoms with Crippen molar-refractivity contribution in [2.24, 2.45) is 0 Å². The zero-order chi connectivity index (χ0) is 14.3. The summed E-state index contributed by atoms with van der Waals surface area (Å²) in [6.45, 7) is 6.37. The Morgan fingerprint density at radius 2 is 1.75 bits per heavy atom. The average molecular weight is 275 g/mol. The monoisotopic (exact) mass is 275 g/mol. The van der Waals surface area contributed by atoms with Crippen molar-refractivity contribution in [1.29, 1.82) is 0 Å². The van der Waals surface area contributed by atoms with Crippen molar-refractivity contribution in [3.05, 3.63) is 35.9 Å². The zero-order valence-corrected chi connectivity index (χ0v) is 13.0. The minimum absolute atomic E-state index is 0.0295. The van der Waals surface area contributed by atoms with E-state index < -0.39 is 0 Å². The molecule has 2 heteroatoms. The van der Waals surface area contributed by atoms with Gasteiger partial charge in [-0.1, -0.05) is 62.9 Å². The third-order valence-corrected chi connectivity index (χ3v) is 4.41. The highest BCUT2D eigenvalue weighted by Gasteiger charge is 2.33. The van der Waals surface area contributed by atoms with Crippen LogP contribution in [0.3, 0.4) is 0 Å². The normalized spacial score (nSPS) is 20.3. The van der Waals surface area contributed by atoms with Crippen molar-refractivity contribution in [2.45, 2.75) is 64.1 Å². The average Bonchev–Trinajstić information content (AvgIpc) is 2.72. The number of benzene rings is 1. The van der Waals surface area contributed by atoms with E-state index in [0.29, 0.717) is 0 Å².